The van der Waals surface area contributed by atoms with E-state index in [1.807, 2.05) is 41.4 Å². The molecule has 4 rings (SSSR count). The molecule has 2 saturated heterocycles. The van der Waals surface area contributed by atoms with Gasteiger partial charge < -0.3 is 15.0 Å². The number of pyridine rings is 1. The average molecular weight is 437 g/mol. The topological polar surface area (TPSA) is 91.8 Å². The van der Waals surface area contributed by atoms with Crippen LogP contribution in [-0.2, 0) is 16.0 Å². The van der Waals surface area contributed by atoms with Gasteiger partial charge in [-0.05, 0) is 55.0 Å². The monoisotopic (exact) mass is 436 g/mol. The maximum atomic E-state index is 12.8. The second-order valence-electron chi connectivity index (χ2n) is 8.17. The first-order chi connectivity index (χ1) is 15.5. The van der Waals surface area contributed by atoms with E-state index in [9.17, 15) is 14.4 Å². The third-order valence-electron chi connectivity index (χ3n) is 6.04. The Kier molecular flexibility index (Phi) is 6.68. The molecule has 1 atom stereocenters. The predicted molar refractivity (Wildman–Crippen MR) is 118 cm³/mol. The highest BCUT2D eigenvalue weighted by Crippen LogP contribution is 2.31. The summed E-state index contributed by atoms with van der Waals surface area (Å²) in [4.78, 5) is 43.8. The molecule has 1 aromatic heterocycles. The molecule has 1 aromatic carbocycles. The minimum atomic E-state index is -0.375. The Bertz CT molecular complexity index is 958. The van der Waals surface area contributed by atoms with Crippen LogP contribution in [-0.4, -0.2) is 59.4 Å². The molecule has 2 aromatic rings. The minimum absolute atomic E-state index is 0.0192. The quantitative estimate of drug-likeness (QED) is 0.643. The number of urea groups is 1. The van der Waals surface area contributed by atoms with Gasteiger partial charge in [0, 0.05) is 25.7 Å². The molecule has 1 N–H and O–H groups in total. The van der Waals surface area contributed by atoms with E-state index < -0.39 is 0 Å². The van der Waals surface area contributed by atoms with E-state index in [0.29, 0.717) is 19.4 Å². The van der Waals surface area contributed by atoms with Gasteiger partial charge in [-0.1, -0.05) is 18.2 Å². The number of hydrogen-bond donors (Lipinski definition) is 1. The highest BCUT2D eigenvalue weighted by Gasteiger charge is 2.32. The van der Waals surface area contributed by atoms with Crippen LogP contribution in [0, 0.1) is 0 Å². The number of nitrogens with one attached hydrogen (secondary N) is 1. The molecule has 2 fully saturated rings. The Labute approximate surface area is 187 Å². The van der Waals surface area contributed by atoms with Crippen molar-refractivity contribution in [2.45, 2.75) is 38.1 Å². The van der Waals surface area contributed by atoms with E-state index in [1.165, 1.54) is 10.5 Å². The fourth-order valence-electron chi connectivity index (χ4n) is 4.30. The van der Waals surface area contributed by atoms with E-state index in [4.69, 9.17) is 4.74 Å². The van der Waals surface area contributed by atoms with Crippen molar-refractivity contribution in [2.24, 2.45) is 0 Å². The van der Waals surface area contributed by atoms with Crippen molar-refractivity contribution >= 4 is 17.8 Å². The van der Waals surface area contributed by atoms with Gasteiger partial charge in [-0.25, -0.2) is 4.79 Å². The Hall–Kier alpha value is -3.42. The summed E-state index contributed by atoms with van der Waals surface area (Å²) in [6, 6.07) is 11.7. The Morgan fingerprint density at radius 1 is 1.16 bits per heavy atom. The minimum Gasteiger partial charge on any atom is -0.497 e. The molecule has 3 heterocycles. The molecular formula is C24H28N4O4. The van der Waals surface area contributed by atoms with Gasteiger partial charge in [-0.2, -0.15) is 0 Å². The molecule has 0 unspecified atom stereocenters. The second-order valence-corrected chi connectivity index (χ2v) is 8.17. The number of nitrogens with zero attached hydrogens (tertiary/aromatic N) is 3. The number of rotatable bonds is 8. The Balaban J connectivity index is 1.32. The van der Waals surface area contributed by atoms with Crippen molar-refractivity contribution in [1.29, 1.82) is 0 Å². The van der Waals surface area contributed by atoms with Crippen LogP contribution in [0.1, 0.15) is 48.5 Å². The number of carbonyl (C=O) groups excluding carboxylic acids is 3. The summed E-state index contributed by atoms with van der Waals surface area (Å²) in [5.41, 5.74) is 3.20. The number of amides is 4. The third kappa shape index (κ3) is 4.90. The lowest BCUT2D eigenvalue weighted by Gasteiger charge is -2.25. The number of aromatic nitrogens is 1. The summed E-state index contributed by atoms with van der Waals surface area (Å²) < 4.78 is 5.20. The van der Waals surface area contributed by atoms with Gasteiger partial charge >= 0.3 is 6.03 Å². The lowest BCUT2D eigenvalue weighted by Crippen LogP contribution is -2.34. The Morgan fingerprint density at radius 2 is 1.94 bits per heavy atom. The van der Waals surface area contributed by atoms with E-state index in [-0.39, 0.29) is 37.0 Å². The summed E-state index contributed by atoms with van der Waals surface area (Å²) in [5.74, 6) is 0.646. The van der Waals surface area contributed by atoms with E-state index >= 15 is 0 Å². The standard InChI is InChI=1S/C24H28N4O4/c1-32-19-9-6-17(7-10-19)14-18-8-11-20(25-15-18)21-4-2-12-27(21)22(29)5-3-13-28-23(30)16-26-24(28)31/h6-11,15,21H,2-5,12-14,16H2,1H3,(H,26,31)/t21-/m1/s1. The number of hydrogen-bond acceptors (Lipinski definition) is 5. The van der Waals surface area contributed by atoms with E-state index in [0.717, 1.165) is 36.3 Å². The summed E-state index contributed by atoms with van der Waals surface area (Å²) in [6.07, 6.45) is 5.28. The Morgan fingerprint density at radius 3 is 2.59 bits per heavy atom. The number of imide groups is 1. The van der Waals surface area contributed by atoms with Crippen LogP contribution < -0.4 is 10.1 Å². The normalized spacial score (nSPS) is 18.2. The average Bonchev–Trinajstić information content (AvgIpc) is 3.42. The largest absolute Gasteiger partial charge is 0.497 e. The van der Waals surface area contributed by atoms with E-state index in [1.54, 1.807) is 7.11 Å². The maximum Gasteiger partial charge on any atom is 0.324 e. The highest BCUT2D eigenvalue weighted by molar-refractivity contribution is 6.01. The highest BCUT2D eigenvalue weighted by atomic mass is 16.5. The zero-order chi connectivity index (χ0) is 22.5. The lowest BCUT2D eigenvalue weighted by molar-refractivity contribution is -0.133. The van der Waals surface area contributed by atoms with Crippen LogP contribution in [0.15, 0.2) is 42.6 Å². The SMILES string of the molecule is COc1ccc(Cc2ccc([C@H]3CCCN3C(=O)CCCN3C(=O)CNC3=O)nc2)cc1. The number of carbonyl (C=O) groups is 3. The van der Waals surface area contributed by atoms with Crippen molar-refractivity contribution in [1.82, 2.24) is 20.1 Å². The molecule has 32 heavy (non-hydrogen) atoms. The lowest BCUT2D eigenvalue weighted by atomic mass is 10.0. The summed E-state index contributed by atoms with van der Waals surface area (Å²) in [6.45, 7) is 1.02. The molecule has 2 aliphatic heterocycles. The smallest absolute Gasteiger partial charge is 0.324 e. The van der Waals surface area contributed by atoms with Crippen LogP contribution in [0.25, 0.3) is 0 Å². The van der Waals surface area contributed by atoms with Gasteiger partial charge in [0.2, 0.25) is 11.8 Å². The predicted octanol–water partition coefficient (Wildman–Crippen LogP) is 2.68. The molecule has 8 nitrogen and oxygen atoms in total. The molecular weight excluding hydrogens is 408 g/mol. The number of ether oxygens (including phenoxy) is 1. The first-order valence-corrected chi connectivity index (χ1v) is 11.0. The van der Waals surface area contributed by atoms with Gasteiger partial charge in [0.15, 0.2) is 0 Å². The molecule has 0 radical (unpaired) electrons. The number of methoxy groups -OCH3 is 1. The molecule has 0 aliphatic carbocycles. The van der Waals surface area contributed by atoms with Crippen molar-refractivity contribution < 1.29 is 19.1 Å². The molecule has 0 saturated carbocycles. The van der Waals surface area contributed by atoms with E-state index in [2.05, 4.69) is 16.4 Å². The summed E-state index contributed by atoms with van der Waals surface area (Å²) in [7, 11) is 1.65. The summed E-state index contributed by atoms with van der Waals surface area (Å²) >= 11 is 0. The van der Waals surface area contributed by atoms with Gasteiger partial charge in [0.05, 0.1) is 25.4 Å². The third-order valence-corrected chi connectivity index (χ3v) is 6.04. The van der Waals surface area contributed by atoms with Gasteiger partial charge in [-0.3, -0.25) is 19.5 Å². The molecule has 0 spiro atoms. The van der Waals surface area contributed by atoms with Gasteiger partial charge in [0.25, 0.3) is 0 Å². The van der Waals surface area contributed by atoms with Crippen LogP contribution in [0.2, 0.25) is 0 Å². The molecule has 2 aliphatic rings. The molecule has 8 heteroatoms. The van der Waals surface area contributed by atoms with Crippen LogP contribution in [0.5, 0.6) is 5.75 Å². The molecule has 0 bridgehead atoms. The zero-order valence-electron chi connectivity index (χ0n) is 18.3. The second kappa shape index (κ2) is 9.80. The van der Waals surface area contributed by atoms with Crippen LogP contribution in [0.4, 0.5) is 4.79 Å². The molecule has 168 valence electrons. The maximum absolute atomic E-state index is 12.8. The van der Waals surface area contributed by atoms with Gasteiger partial charge in [-0.15, -0.1) is 0 Å². The van der Waals surface area contributed by atoms with Gasteiger partial charge in [0.1, 0.15) is 5.75 Å². The first kappa shape index (κ1) is 21.8. The zero-order valence-corrected chi connectivity index (χ0v) is 18.3. The van der Waals surface area contributed by atoms with Crippen molar-refractivity contribution in [3.8, 4) is 5.75 Å². The van der Waals surface area contributed by atoms with Crippen LogP contribution in [0.3, 0.4) is 0 Å². The number of likely N-dealkylation sites (tertiary alicyclic amines) is 1. The fraction of sp³-hybridized carbons (Fsp3) is 0.417. The first-order valence-electron chi connectivity index (χ1n) is 11.0. The fourth-order valence-corrected chi connectivity index (χ4v) is 4.30. The van der Waals surface area contributed by atoms with Crippen molar-refractivity contribution in [3.05, 3.63) is 59.4 Å². The van der Waals surface area contributed by atoms with Crippen LogP contribution >= 0.6 is 0 Å². The number of benzene rings is 1. The molecule has 4 amide bonds. The van der Waals surface area contributed by atoms with Crippen molar-refractivity contribution in [3.63, 3.8) is 0 Å². The van der Waals surface area contributed by atoms with Crippen molar-refractivity contribution in [2.75, 3.05) is 26.7 Å². The summed E-state index contributed by atoms with van der Waals surface area (Å²) in [5, 5.41) is 2.49.